The van der Waals surface area contributed by atoms with Gasteiger partial charge in [0.15, 0.2) is 0 Å². The van der Waals surface area contributed by atoms with Crippen molar-refractivity contribution >= 4 is 27.3 Å². The summed E-state index contributed by atoms with van der Waals surface area (Å²) in [6.07, 6.45) is 0.355. The zero-order valence-electron chi connectivity index (χ0n) is 16.0. The number of thiophene rings is 1. The number of nitrogens with one attached hydrogen (secondary N) is 1. The summed E-state index contributed by atoms with van der Waals surface area (Å²) in [6.45, 7) is 2.09. The number of hydrogen-bond acceptors (Lipinski definition) is 4. The molecule has 1 aromatic heterocycles. The summed E-state index contributed by atoms with van der Waals surface area (Å²) in [5, 5.41) is 4.74. The Labute approximate surface area is 175 Å². The third-order valence-electron chi connectivity index (χ3n) is 5.22. The minimum absolute atomic E-state index is 0.189. The second-order valence-electron chi connectivity index (χ2n) is 7.11. The summed E-state index contributed by atoms with van der Waals surface area (Å²) in [6, 6.07) is 19.6. The fourth-order valence-corrected chi connectivity index (χ4v) is 6.32. The Morgan fingerprint density at radius 1 is 1.03 bits per heavy atom. The zero-order chi connectivity index (χ0) is 20.4. The predicted octanol–water partition coefficient (Wildman–Crippen LogP) is 3.74. The van der Waals surface area contributed by atoms with Gasteiger partial charge in [0.1, 0.15) is 10.3 Å². The third-order valence-corrected chi connectivity index (χ3v) is 8.45. The smallest absolute Gasteiger partial charge is 0.253 e. The maximum atomic E-state index is 13.3. The van der Waals surface area contributed by atoms with Gasteiger partial charge in [0.25, 0.3) is 10.0 Å². The van der Waals surface area contributed by atoms with E-state index in [1.54, 1.807) is 17.5 Å². The molecule has 4 rings (SSSR count). The Kier molecular flexibility index (Phi) is 5.54. The van der Waals surface area contributed by atoms with E-state index in [-0.39, 0.29) is 22.7 Å². The third kappa shape index (κ3) is 3.99. The van der Waals surface area contributed by atoms with Crippen LogP contribution < -0.4 is 5.32 Å². The van der Waals surface area contributed by atoms with Gasteiger partial charge in [-0.25, -0.2) is 8.42 Å². The number of amides is 1. The summed E-state index contributed by atoms with van der Waals surface area (Å²) in [5.74, 6) is -0.281. The van der Waals surface area contributed by atoms with Gasteiger partial charge >= 0.3 is 0 Å². The lowest BCUT2D eigenvalue weighted by molar-refractivity contribution is -0.125. The van der Waals surface area contributed by atoms with Crippen LogP contribution in [0.5, 0.6) is 0 Å². The second kappa shape index (κ2) is 8.10. The first-order chi connectivity index (χ1) is 14.0. The first kappa shape index (κ1) is 19.8. The molecule has 0 saturated heterocycles. The highest BCUT2D eigenvalue weighted by Crippen LogP contribution is 2.31. The molecule has 3 aromatic rings. The molecule has 29 heavy (non-hydrogen) atoms. The molecule has 0 spiro atoms. The van der Waals surface area contributed by atoms with Crippen LogP contribution in [0.1, 0.15) is 29.7 Å². The van der Waals surface area contributed by atoms with E-state index in [2.05, 4.69) is 5.32 Å². The highest BCUT2D eigenvalue weighted by molar-refractivity contribution is 7.91. The molecule has 0 saturated carbocycles. The van der Waals surface area contributed by atoms with E-state index < -0.39 is 16.1 Å². The molecule has 0 fully saturated rings. The van der Waals surface area contributed by atoms with Crippen molar-refractivity contribution in [1.82, 2.24) is 9.62 Å². The maximum Gasteiger partial charge on any atom is 0.253 e. The van der Waals surface area contributed by atoms with Crippen molar-refractivity contribution in [3.63, 3.8) is 0 Å². The van der Waals surface area contributed by atoms with E-state index >= 15 is 0 Å². The van der Waals surface area contributed by atoms with Crippen molar-refractivity contribution < 1.29 is 13.2 Å². The first-order valence-electron chi connectivity index (χ1n) is 9.44. The van der Waals surface area contributed by atoms with Crippen molar-refractivity contribution in [3.8, 4) is 0 Å². The summed E-state index contributed by atoms with van der Waals surface area (Å²) >= 11 is 1.17. The van der Waals surface area contributed by atoms with E-state index in [9.17, 15) is 13.2 Å². The molecule has 7 heteroatoms. The molecule has 1 aliphatic rings. The number of sulfonamides is 1. The minimum Gasteiger partial charge on any atom is -0.348 e. The molecule has 0 bridgehead atoms. The first-order valence-corrected chi connectivity index (χ1v) is 11.8. The van der Waals surface area contributed by atoms with Gasteiger partial charge in [-0.1, -0.05) is 60.7 Å². The Balaban J connectivity index is 1.66. The van der Waals surface area contributed by atoms with Gasteiger partial charge in [-0.05, 0) is 41.5 Å². The number of fused-ring (bicyclic) bond motifs is 1. The summed E-state index contributed by atoms with van der Waals surface area (Å²) < 4.78 is 28.2. The van der Waals surface area contributed by atoms with Crippen molar-refractivity contribution in [2.24, 2.45) is 0 Å². The van der Waals surface area contributed by atoms with Crippen molar-refractivity contribution in [3.05, 3.63) is 88.8 Å². The van der Waals surface area contributed by atoms with Crippen LogP contribution in [0.4, 0.5) is 0 Å². The molecule has 150 valence electrons. The normalized spacial score (nSPS) is 18.0. The lowest BCUT2D eigenvalue weighted by Crippen LogP contribution is -2.52. The summed E-state index contributed by atoms with van der Waals surface area (Å²) in [5.41, 5.74) is 2.93. The average molecular weight is 427 g/mol. The van der Waals surface area contributed by atoms with Gasteiger partial charge in [-0.3, -0.25) is 4.79 Å². The van der Waals surface area contributed by atoms with Gasteiger partial charge in [-0.15, -0.1) is 11.3 Å². The van der Waals surface area contributed by atoms with E-state index in [1.165, 1.54) is 15.6 Å². The van der Waals surface area contributed by atoms with Crippen LogP contribution in [0.15, 0.2) is 76.3 Å². The van der Waals surface area contributed by atoms with Gasteiger partial charge < -0.3 is 5.32 Å². The number of benzene rings is 2. The highest BCUT2D eigenvalue weighted by Gasteiger charge is 2.40. The van der Waals surface area contributed by atoms with Gasteiger partial charge in [-0.2, -0.15) is 4.31 Å². The summed E-state index contributed by atoms with van der Waals surface area (Å²) in [7, 11) is -3.77. The molecule has 1 aliphatic heterocycles. The fourth-order valence-electron chi connectivity index (χ4n) is 3.64. The SMILES string of the molecule is CC(NC(=O)C1Cc2ccccc2CN1S(=O)(=O)c1cccs1)c1ccccc1. The predicted molar refractivity (Wildman–Crippen MR) is 114 cm³/mol. The van der Waals surface area contributed by atoms with Crippen LogP contribution in [0.2, 0.25) is 0 Å². The van der Waals surface area contributed by atoms with Gasteiger partial charge in [0, 0.05) is 6.54 Å². The second-order valence-corrected chi connectivity index (χ2v) is 10.2. The molecular formula is C22H22N2O3S2. The summed E-state index contributed by atoms with van der Waals surface area (Å²) in [4.78, 5) is 13.2. The maximum absolute atomic E-state index is 13.3. The monoisotopic (exact) mass is 426 g/mol. The number of nitrogens with zero attached hydrogens (tertiary/aromatic N) is 1. The van der Waals surface area contributed by atoms with E-state index in [1.807, 2.05) is 61.5 Å². The van der Waals surface area contributed by atoms with Crippen molar-refractivity contribution in [2.75, 3.05) is 0 Å². The van der Waals surface area contributed by atoms with Crippen molar-refractivity contribution in [2.45, 2.75) is 36.2 Å². The van der Waals surface area contributed by atoms with Crippen LogP contribution in [0.25, 0.3) is 0 Å². The van der Waals surface area contributed by atoms with E-state index in [0.29, 0.717) is 6.42 Å². The van der Waals surface area contributed by atoms with Gasteiger partial charge in [0.05, 0.1) is 6.04 Å². The molecular weight excluding hydrogens is 404 g/mol. The molecule has 5 nitrogen and oxygen atoms in total. The number of rotatable bonds is 5. The quantitative estimate of drug-likeness (QED) is 0.676. The highest BCUT2D eigenvalue weighted by atomic mass is 32.2. The zero-order valence-corrected chi connectivity index (χ0v) is 17.6. The topological polar surface area (TPSA) is 66.5 Å². The number of carbonyl (C=O) groups is 1. The minimum atomic E-state index is -3.77. The Hall–Kier alpha value is -2.48. The molecule has 2 unspecified atom stereocenters. The lowest BCUT2D eigenvalue weighted by atomic mass is 9.95. The standard InChI is InChI=1S/C22H22N2O3S2/c1-16(17-8-3-2-4-9-17)23-22(25)20-14-18-10-5-6-11-19(18)15-24(20)29(26,27)21-12-7-13-28-21/h2-13,16,20H,14-15H2,1H3,(H,23,25). The largest absolute Gasteiger partial charge is 0.348 e. The molecule has 2 atom stereocenters. The van der Waals surface area contributed by atoms with Crippen LogP contribution in [-0.2, 0) is 27.8 Å². The molecule has 0 radical (unpaired) electrons. The molecule has 1 N–H and O–H groups in total. The van der Waals surface area contributed by atoms with Crippen LogP contribution in [0.3, 0.4) is 0 Å². The van der Waals surface area contributed by atoms with Crippen molar-refractivity contribution in [1.29, 1.82) is 0 Å². The number of hydrogen-bond donors (Lipinski definition) is 1. The van der Waals surface area contributed by atoms with Crippen LogP contribution in [-0.4, -0.2) is 24.7 Å². The van der Waals surface area contributed by atoms with Crippen LogP contribution >= 0.6 is 11.3 Å². The molecule has 0 aliphatic carbocycles. The van der Waals surface area contributed by atoms with Crippen LogP contribution in [0, 0.1) is 0 Å². The Morgan fingerprint density at radius 2 is 1.72 bits per heavy atom. The fraction of sp³-hybridized carbons (Fsp3) is 0.227. The van der Waals surface area contributed by atoms with Gasteiger partial charge in [0.2, 0.25) is 5.91 Å². The number of carbonyl (C=O) groups excluding carboxylic acids is 1. The molecule has 2 heterocycles. The Morgan fingerprint density at radius 3 is 2.41 bits per heavy atom. The molecule has 1 amide bonds. The Bertz CT molecular complexity index is 1100. The van der Waals surface area contributed by atoms with E-state index in [0.717, 1.165) is 16.7 Å². The molecule has 2 aromatic carbocycles. The van der Waals surface area contributed by atoms with E-state index in [4.69, 9.17) is 0 Å². The average Bonchev–Trinajstić information content (AvgIpc) is 3.29. The lowest BCUT2D eigenvalue weighted by Gasteiger charge is -2.35.